The largest absolute Gasteiger partial charge is 0.389 e. The maximum absolute atomic E-state index is 14.0. The van der Waals surface area contributed by atoms with E-state index in [2.05, 4.69) is 47.3 Å². The maximum Gasteiger partial charge on any atom is 0.123 e. The van der Waals surface area contributed by atoms with Crippen LogP contribution < -0.4 is 5.32 Å². The van der Waals surface area contributed by atoms with Crippen LogP contribution in [0.3, 0.4) is 0 Å². The van der Waals surface area contributed by atoms with Gasteiger partial charge in [-0.1, -0.05) is 54.6 Å². The number of rotatable bonds is 6. The summed E-state index contributed by atoms with van der Waals surface area (Å²) in [5.74, 6) is -0.306. The molecule has 1 heterocycles. The van der Waals surface area contributed by atoms with Gasteiger partial charge in [0, 0.05) is 29.2 Å². The highest BCUT2D eigenvalue weighted by Crippen LogP contribution is 2.36. The fourth-order valence-corrected chi connectivity index (χ4v) is 4.10. The van der Waals surface area contributed by atoms with Crippen LogP contribution >= 0.6 is 0 Å². The molecule has 0 saturated carbocycles. The van der Waals surface area contributed by atoms with Gasteiger partial charge in [-0.05, 0) is 48.9 Å². The Morgan fingerprint density at radius 3 is 2.48 bits per heavy atom. The van der Waals surface area contributed by atoms with E-state index in [0.29, 0.717) is 6.54 Å². The molecule has 3 nitrogen and oxygen atoms in total. The molecule has 4 heteroatoms. The second-order valence-electron chi connectivity index (χ2n) is 7.41. The van der Waals surface area contributed by atoms with Gasteiger partial charge in [0.05, 0.1) is 12.1 Å². The van der Waals surface area contributed by atoms with Crippen molar-refractivity contribution in [3.63, 3.8) is 0 Å². The normalized spacial score (nSPS) is 13.5. The van der Waals surface area contributed by atoms with Crippen molar-refractivity contribution in [1.29, 1.82) is 0 Å². The SMILES string of the molecule is CNCC(O)C(c1cccc(F)c1)n1cc(-c2ccccc2C)c2ccccc21. The summed E-state index contributed by atoms with van der Waals surface area (Å²) < 4.78 is 16.1. The third-order valence-electron chi connectivity index (χ3n) is 5.44. The van der Waals surface area contributed by atoms with Crippen LogP contribution in [0.15, 0.2) is 79.0 Å². The van der Waals surface area contributed by atoms with Gasteiger partial charge < -0.3 is 15.0 Å². The number of halogens is 1. The van der Waals surface area contributed by atoms with Crippen molar-refractivity contribution in [1.82, 2.24) is 9.88 Å². The van der Waals surface area contributed by atoms with Gasteiger partial charge in [-0.25, -0.2) is 4.39 Å². The van der Waals surface area contributed by atoms with E-state index in [1.165, 1.54) is 17.7 Å². The zero-order valence-corrected chi connectivity index (χ0v) is 16.6. The third-order valence-corrected chi connectivity index (χ3v) is 5.44. The van der Waals surface area contributed by atoms with Gasteiger partial charge >= 0.3 is 0 Å². The summed E-state index contributed by atoms with van der Waals surface area (Å²) in [6, 6.07) is 22.5. The number of hydrogen-bond donors (Lipinski definition) is 2. The standard InChI is InChI=1S/C25H25FN2O/c1-17-8-3-4-11-20(17)22-16-28(23-13-6-5-12-21(22)23)25(24(29)15-27-2)18-9-7-10-19(26)14-18/h3-14,16,24-25,27,29H,15H2,1-2H3. The fraction of sp³-hybridized carbons (Fsp3) is 0.200. The lowest BCUT2D eigenvalue weighted by Crippen LogP contribution is -2.33. The summed E-state index contributed by atoms with van der Waals surface area (Å²) in [4.78, 5) is 0. The lowest BCUT2D eigenvalue weighted by Gasteiger charge is -2.26. The number of benzene rings is 3. The van der Waals surface area contributed by atoms with E-state index in [4.69, 9.17) is 0 Å². The molecule has 2 unspecified atom stereocenters. The van der Waals surface area contributed by atoms with E-state index in [-0.39, 0.29) is 5.82 Å². The average Bonchev–Trinajstić information content (AvgIpc) is 3.08. The number of aromatic nitrogens is 1. The van der Waals surface area contributed by atoms with Crippen molar-refractivity contribution in [3.05, 3.63) is 95.9 Å². The molecule has 4 rings (SSSR count). The van der Waals surface area contributed by atoms with E-state index in [0.717, 1.165) is 27.6 Å². The van der Waals surface area contributed by atoms with Gasteiger partial charge in [-0.15, -0.1) is 0 Å². The Balaban J connectivity index is 1.96. The number of nitrogens with one attached hydrogen (secondary N) is 1. The van der Waals surface area contributed by atoms with Crippen LogP contribution in [-0.4, -0.2) is 29.4 Å². The molecule has 0 fully saturated rings. The smallest absolute Gasteiger partial charge is 0.123 e. The number of likely N-dealkylation sites (N-methyl/N-ethyl adjacent to an activating group) is 1. The highest BCUT2D eigenvalue weighted by Gasteiger charge is 2.26. The van der Waals surface area contributed by atoms with Gasteiger partial charge in [-0.3, -0.25) is 0 Å². The minimum Gasteiger partial charge on any atom is -0.389 e. The van der Waals surface area contributed by atoms with Crippen molar-refractivity contribution in [2.45, 2.75) is 19.1 Å². The maximum atomic E-state index is 14.0. The molecule has 0 aliphatic heterocycles. The van der Waals surface area contributed by atoms with Crippen LogP contribution in [0, 0.1) is 12.7 Å². The number of fused-ring (bicyclic) bond motifs is 1. The molecule has 0 radical (unpaired) electrons. The van der Waals surface area contributed by atoms with E-state index >= 15 is 0 Å². The molecule has 0 saturated heterocycles. The number of aliphatic hydroxyl groups is 1. The molecule has 4 aromatic rings. The molecule has 1 aromatic heterocycles. The van der Waals surface area contributed by atoms with Crippen LogP contribution in [0.5, 0.6) is 0 Å². The Morgan fingerprint density at radius 1 is 0.966 bits per heavy atom. The number of aryl methyl sites for hydroxylation is 1. The number of nitrogens with zero attached hydrogens (tertiary/aromatic N) is 1. The Labute approximate surface area is 170 Å². The molecule has 3 aromatic carbocycles. The van der Waals surface area contributed by atoms with Crippen molar-refractivity contribution >= 4 is 10.9 Å². The molecule has 2 N–H and O–H groups in total. The van der Waals surface area contributed by atoms with Gasteiger partial charge in [-0.2, -0.15) is 0 Å². The van der Waals surface area contributed by atoms with Crippen LogP contribution in [0.1, 0.15) is 17.2 Å². The molecule has 0 aliphatic rings. The zero-order valence-electron chi connectivity index (χ0n) is 16.6. The Bertz CT molecular complexity index is 1130. The summed E-state index contributed by atoms with van der Waals surface area (Å²) in [5.41, 5.74) is 5.20. The number of hydrogen-bond acceptors (Lipinski definition) is 2. The number of para-hydroxylation sites is 1. The quantitative estimate of drug-likeness (QED) is 0.492. The summed E-state index contributed by atoms with van der Waals surface area (Å²) >= 11 is 0. The third kappa shape index (κ3) is 3.69. The van der Waals surface area contributed by atoms with Gasteiger partial charge in [0.2, 0.25) is 0 Å². The predicted octanol–water partition coefficient (Wildman–Crippen LogP) is 4.93. The minimum atomic E-state index is -0.720. The van der Waals surface area contributed by atoms with Crippen LogP contribution in [0.2, 0.25) is 0 Å². The molecule has 29 heavy (non-hydrogen) atoms. The topological polar surface area (TPSA) is 37.2 Å². The van der Waals surface area contributed by atoms with Crippen molar-refractivity contribution in [3.8, 4) is 11.1 Å². The lowest BCUT2D eigenvalue weighted by atomic mass is 10.0. The first-order chi connectivity index (χ1) is 14.1. The van der Waals surface area contributed by atoms with Gasteiger partial charge in [0.1, 0.15) is 5.82 Å². The van der Waals surface area contributed by atoms with Crippen LogP contribution in [0.25, 0.3) is 22.0 Å². The molecule has 2 atom stereocenters. The highest BCUT2D eigenvalue weighted by atomic mass is 19.1. The summed E-state index contributed by atoms with van der Waals surface area (Å²) in [6.45, 7) is 2.49. The van der Waals surface area contributed by atoms with E-state index in [1.54, 1.807) is 13.1 Å². The molecular formula is C25H25FN2O. The second kappa shape index (κ2) is 8.19. The monoisotopic (exact) mass is 388 g/mol. The first-order valence-electron chi connectivity index (χ1n) is 9.84. The van der Waals surface area contributed by atoms with Crippen molar-refractivity contribution < 1.29 is 9.50 Å². The number of aliphatic hydroxyl groups excluding tert-OH is 1. The second-order valence-corrected chi connectivity index (χ2v) is 7.41. The Kier molecular flexibility index (Phi) is 5.47. The summed E-state index contributed by atoms with van der Waals surface area (Å²) in [7, 11) is 1.80. The molecule has 0 aliphatic carbocycles. The summed E-state index contributed by atoms with van der Waals surface area (Å²) in [5, 5.41) is 15.1. The van der Waals surface area contributed by atoms with E-state index in [1.807, 2.05) is 30.3 Å². The van der Waals surface area contributed by atoms with E-state index < -0.39 is 12.1 Å². The molecular weight excluding hydrogens is 363 g/mol. The van der Waals surface area contributed by atoms with Gasteiger partial charge in [0.15, 0.2) is 0 Å². The average molecular weight is 388 g/mol. The molecule has 0 spiro atoms. The molecule has 0 bridgehead atoms. The van der Waals surface area contributed by atoms with Crippen LogP contribution in [0.4, 0.5) is 4.39 Å². The summed E-state index contributed by atoms with van der Waals surface area (Å²) in [6.07, 6.45) is 1.36. The minimum absolute atomic E-state index is 0.306. The fourth-order valence-electron chi connectivity index (χ4n) is 4.10. The predicted molar refractivity (Wildman–Crippen MR) is 117 cm³/mol. The Hall–Kier alpha value is -2.95. The first kappa shape index (κ1) is 19.4. The zero-order chi connectivity index (χ0) is 20.4. The van der Waals surface area contributed by atoms with Gasteiger partial charge in [0.25, 0.3) is 0 Å². The lowest BCUT2D eigenvalue weighted by molar-refractivity contribution is 0.132. The molecule has 0 amide bonds. The Morgan fingerprint density at radius 2 is 1.72 bits per heavy atom. The van der Waals surface area contributed by atoms with Crippen LogP contribution in [-0.2, 0) is 0 Å². The van der Waals surface area contributed by atoms with Crippen molar-refractivity contribution in [2.24, 2.45) is 0 Å². The molecule has 148 valence electrons. The van der Waals surface area contributed by atoms with Crippen molar-refractivity contribution in [2.75, 3.05) is 13.6 Å². The van der Waals surface area contributed by atoms with E-state index in [9.17, 15) is 9.50 Å². The highest BCUT2D eigenvalue weighted by molar-refractivity contribution is 5.97. The first-order valence-corrected chi connectivity index (χ1v) is 9.84.